The number of azo groups is 1. The number of allylic oxidation sites excluding steroid dienone is 1. The Balaban J connectivity index is 1.97. The lowest BCUT2D eigenvalue weighted by Gasteiger charge is -2.07. The SMILES string of the molecule is C=C(C)Cn1c(N=Nc2c(O)[nH]c3ccccc23)nc2c1c(=O)n(C)c(=O)n2C. The summed E-state index contributed by atoms with van der Waals surface area (Å²) in [6, 6.07) is 7.27. The molecule has 0 aliphatic rings. The highest BCUT2D eigenvalue weighted by Crippen LogP contribution is 2.36. The second-order valence-electron chi connectivity index (χ2n) is 6.90. The zero-order valence-electron chi connectivity index (χ0n) is 16.2. The molecule has 0 unspecified atom stereocenters. The van der Waals surface area contributed by atoms with Gasteiger partial charge in [-0.3, -0.25) is 18.5 Å². The Morgan fingerprint density at radius 2 is 1.93 bits per heavy atom. The highest BCUT2D eigenvalue weighted by Gasteiger charge is 2.19. The number of aryl methyl sites for hydroxylation is 1. The van der Waals surface area contributed by atoms with E-state index in [9.17, 15) is 14.7 Å². The van der Waals surface area contributed by atoms with Crippen LogP contribution in [0.3, 0.4) is 0 Å². The summed E-state index contributed by atoms with van der Waals surface area (Å²) in [6.45, 7) is 5.98. The molecule has 0 amide bonds. The number of aromatic nitrogens is 5. The third-order valence-electron chi connectivity index (χ3n) is 4.65. The second kappa shape index (κ2) is 6.59. The van der Waals surface area contributed by atoms with Crippen molar-refractivity contribution in [1.82, 2.24) is 23.7 Å². The summed E-state index contributed by atoms with van der Waals surface area (Å²) in [7, 11) is 2.95. The first kappa shape index (κ1) is 18.4. The van der Waals surface area contributed by atoms with Crippen LogP contribution in [0.2, 0.25) is 0 Å². The average molecular weight is 393 g/mol. The summed E-state index contributed by atoms with van der Waals surface area (Å²) in [6.07, 6.45) is 0. The van der Waals surface area contributed by atoms with E-state index in [0.29, 0.717) is 10.9 Å². The van der Waals surface area contributed by atoms with Crippen molar-refractivity contribution in [3.05, 3.63) is 57.3 Å². The molecule has 0 aliphatic carbocycles. The molecule has 148 valence electrons. The molecule has 1 aromatic carbocycles. The normalized spacial score (nSPS) is 11.8. The lowest BCUT2D eigenvalue weighted by molar-refractivity contribution is 0.459. The third-order valence-corrected chi connectivity index (χ3v) is 4.65. The molecule has 4 aromatic rings. The molecule has 0 atom stereocenters. The molecule has 0 spiro atoms. The largest absolute Gasteiger partial charge is 0.493 e. The highest BCUT2D eigenvalue weighted by molar-refractivity contribution is 5.94. The third kappa shape index (κ3) is 2.85. The van der Waals surface area contributed by atoms with E-state index in [0.717, 1.165) is 10.1 Å². The Labute approximate surface area is 164 Å². The predicted octanol–water partition coefficient (Wildman–Crippen LogP) is 2.61. The van der Waals surface area contributed by atoms with Gasteiger partial charge in [0, 0.05) is 26.0 Å². The van der Waals surface area contributed by atoms with Gasteiger partial charge in [0.2, 0.25) is 5.88 Å². The number of aromatic amines is 1. The van der Waals surface area contributed by atoms with Gasteiger partial charge < -0.3 is 10.1 Å². The first-order valence-corrected chi connectivity index (χ1v) is 8.81. The van der Waals surface area contributed by atoms with Crippen molar-refractivity contribution in [2.45, 2.75) is 13.5 Å². The molecule has 4 rings (SSSR count). The van der Waals surface area contributed by atoms with E-state index < -0.39 is 11.2 Å². The van der Waals surface area contributed by atoms with Gasteiger partial charge in [-0.25, -0.2) is 4.79 Å². The number of H-pyrrole nitrogens is 1. The minimum atomic E-state index is -0.486. The van der Waals surface area contributed by atoms with E-state index in [1.165, 1.54) is 18.7 Å². The maximum absolute atomic E-state index is 12.7. The molecular weight excluding hydrogens is 374 g/mol. The number of aromatic hydroxyl groups is 1. The molecular formula is C19H19N7O3. The zero-order chi connectivity index (χ0) is 20.9. The molecule has 0 bridgehead atoms. The van der Waals surface area contributed by atoms with Crippen molar-refractivity contribution < 1.29 is 5.11 Å². The summed E-state index contributed by atoms with van der Waals surface area (Å²) in [4.78, 5) is 32.2. The number of imidazole rings is 1. The average Bonchev–Trinajstić information content (AvgIpc) is 3.19. The van der Waals surface area contributed by atoms with Crippen LogP contribution in [0.1, 0.15) is 6.92 Å². The van der Waals surface area contributed by atoms with Crippen LogP contribution in [0.5, 0.6) is 5.88 Å². The molecule has 10 heteroatoms. The number of hydrogen-bond donors (Lipinski definition) is 2. The maximum atomic E-state index is 12.7. The Hall–Kier alpha value is -3.95. The van der Waals surface area contributed by atoms with Crippen molar-refractivity contribution in [2.24, 2.45) is 24.3 Å². The molecule has 2 N–H and O–H groups in total. The lowest BCUT2D eigenvalue weighted by atomic mass is 10.2. The van der Waals surface area contributed by atoms with Crippen molar-refractivity contribution in [1.29, 1.82) is 0 Å². The first-order chi connectivity index (χ1) is 13.8. The Bertz CT molecular complexity index is 1430. The zero-order valence-corrected chi connectivity index (χ0v) is 16.2. The summed E-state index contributed by atoms with van der Waals surface area (Å²) in [5.41, 5.74) is 1.22. The van der Waals surface area contributed by atoms with Gasteiger partial charge in [-0.05, 0) is 13.0 Å². The molecule has 29 heavy (non-hydrogen) atoms. The van der Waals surface area contributed by atoms with Crippen molar-refractivity contribution in [2.75, 3.05) is 0 Å². The molecule has 0 fully saturated rings. The van der Waals surface area contributed by atoms with Gasteiger partial charge in [-0.2, -0.15) is 4.98 Å². The molecule has 0 aliphatic heterocycles. The van der Waals surface area contributed by atoms with Crippen LogP contribution in [0.25, 0.3) is 22.1 Å². The predicted molar refractivity (Wildman–Crippen MR) is 109 cm³/mol. The molecule has 3 aromatic heterocycles. The lowest BCUT2D eigenvalue weighted by Crippen LogP contribution is -2.37. The van der Waals surface area contributed by atoms with Crippen LogP contribution < -0.4 is 11.2 Å². The summed E-state index contributed by atoms with van der Waals surface area (Å²) in [5.74, 6) is 0.00630. The Kier molecular flexibility index (Phi) is 4.18. The van der Waals surface area contributed by atoms with E-state index >= 15 is 0 Å². The molecule has 0 saturated heterocycles. The van der Waals surface area contributed by atoms with E-state index in [4.69, 9.17) is 0 Å². The van der Waals surface area contributed by atoms with Crippen LogP contribution in [0.4, 0.5) is 11.6 Å². The van der Waals surface area contributed by atoms with Gasteiger partial charge in [0.15, 0.2) is 16.9 Å². The summed E-state index contributed by atoms with van der Waals surface area (Å²) in [5, 5.41) is 19.2. The number of hydrogen-bond acceptors (Lipinski definition) is 6. The standard InChI is InChI=1S/C19H19N7O3/c1-10(2)9-26-14-15(24(3)19(29)25(4)17(14)28)21-18(26)23-22-13-11-7-5-6-8-12(11)20-16(13)27/h5-8,20,27H,1,9H2,2-4H3. The van der Waals surface area contributed by atoms with Crippen molar-refractivity contribution in [3.63, 3.8) is 0 Å². The van der Waals surface area contributed by atoms with Gasteiger partial charge in [-0.15, -0.1) is 10.2 Å². The number of benzene rings is 1. The van der Waals surface area contributed by atoms with Gasteiger partial charge in [-0.1, -0.05) is 30.4 Å². The van der Waals surface area contributed by atoms with Gasteiger partial charge in [0.25, 0.3) is 11.5 Å². The number of fused-ring (bicyclic) bond motifs is 2. The fraction of sp³-hybridized carbons (Fsp3) is 0.211. The second-order valence-corrected chi connectivity index (χ2v) is 6.90. The Morgan fingerprint density at radius 1 is 1.21 bits per heavy atom. The van der Waals surface area contributed by atoms with Crippen LogP contribution in [-0.2, 0) is 20.6 Å². The van der Waals surface area contributed by atoms with E-state index in [1.54, 1.807) is 10.6 Å². The van der Waals surface area contributed by atoms with Crippen molar-refractivity contribution >= 4 is 33.7 Å². The number of para-hydroxylation sites is 1. The fourth-order valence-corrected chi connectivity index (χ4v) is 3.24. The minimum absolute atomic E-state index is 0.124. The maximum Gasteiger partial charge on any atom is 0.332 e. The number of nitrogens with one attached hydrogen (secondary N) is 1. The van der Waals surface area contributed by atoms with E-state index in [2.05, 4.69) is 26.8 Å². The first-order valence-electron chi connectivity index (χ1n) is 8.81. The molecule has 0 saturated carbocycles. The van der Waals surface area contributed by atoms with Gasteiger partial charge in [0.1, 0.15) is 0 Å². The topological polar surface area (TPSA) is 123 Å². The highest BCUT2D eigenvalue weighted by atomic mass is 16.3. The molecule has 3 heterocycles. The van der Waals surface area contributed by atoms with Gasteiger partial charge in [0.05, 0.1) is 5.52 Å². The fourth-order valence-electron chi connectivity index (χ4n) is 3.24. The molecule has 10 nitrogen and oxygen atoms in total. The molecule has 0 radical (unpaired) electrons. The van der Waals surface area contributed by atoms with Crippen molar-refractivity contribution in [3.8, 4) is 5.88 Å². The summed E-state index contributed by atoms with van der Waals surface area (Å²) >= 11 is 0. The number of rotatable bonds is 4. The van der Waals surface area contributed by atoms with Crippen LogP contribution in [0.15, 0.2) is 56.2 Å². The van der Waals surface area contributed by atoms with Crippen LogP contribution in [-0.4, -0.2) is 28.8 Å². The monoisotopic (exact) mass is 393 g/mol. The smallest absolute Gasteiger partial charge is 0.332 e. The van der Waals surface area contributed by atoms with Crippen LogP contribution >= 0.6 is 0 Å². The van der Waals surface area contributed by atoms with E-state index in [-0.39, 0.29) is 35.2 Å². The van der Waals surface area contributed by atoms with Crippen LogP contribution in [0, 0.1) is 0 Å². The summed E-state index contributed by atoms with van der Waals surface area (Å²) < 4.78 is 3.87. The number of nitrogens with zero attached hydrogens (tertiary/aromatic N) is 6. The van der Waals surface area contributed by atoms with Gasteiger partial charge >= 0.3 is 5.69 Å². The Morgan fingerprint density at radius 3 is 2.66 bits per heavy atom. The van der Waals surface area contributed by atoms with E-state index in [1.807, 2.05) is 25.1 Å². The quantitative estimate of drug-likeness (QED) is 0.409. The minimum Gasteiger partial charge on any atom is -0.493 e.